The van der Waals surface area contributed by atoms with Crippen LogP contribution in [-0.2, 0) is 4.79 Å². The number of nitrogens with zero attached hydrogens (tertiary/aromatic N) is 1. The molecule has 0 fully saturated rings. The maximum Gasteiger partial charge on any atom is 0.288 e. The summed E-state index contributed by atoms with van der Waals surface area (Å²) >= 11 is 5.73. The number of halogens is 1. The normalized spacial score (nSPS) is 10.3. The van der Waals surface area contributed by atoms with E-state index in [-0.39, 0.29) is 35.7 Å². The first kappa shape index (κ1) is 15.2. The molecule has 0 spiro atoms. The van der Waals surface area contributed by atoms with Gasteiger partial charge in [0.1, 0.15) is 10.8 Å². The van der Waals surface area contributed by atoms with Crippen LogP contribution in [0.4, 0.5) is 5.69 Å². The van der Waals surface area contributed by atoms with Crippen molar-refractivity contribution in [3.8, 4) is 5.75 Å². The molecular weight excluding hydrogens is 272 g/mol. The van der Waals surface area contributed by atoms with E-state index in [2.05, 4.69) is 5.32 Å². The van der Waals surface area contributed by atoms with Gasteiger partial charge < -0.3 is 10.1 Å². The highest BCUT2D eigenvalue weighted by atomic mass is 35.5. The smallest absolute Gasteiger partial charge is 0.288 e. The fourth-order valence-electron chi connectivity index (χ4n) is 1.38. The zero-order valence-corrected chi connectivity index (χ0v) is 11.4. The van der Waals surface area contributed by atoms with Crippen LogP contribution < -0.4 is 10.1 Å². The molecule has 0 atom stereocenters. The molecule has 0 radical (unpaired) electrons. The number of carbonyl (C=O) groups excluding carboxylic acids is 1. The first-order chi connectivity index (χ1) is 8.90. The van der Waals surface area contributed by atoms with Gasteiger partial charge in [-0.2, -0.15) is 0 Å². The zero-order chi connectivity index (χ0) is 14.4. The third kappa shape index (κ3) is 5.13. The molecule has 1 N–H and O–H groups in total. The van der Waals surface area contributed by atoms with Crippen molar-refractivity contribution >= 4 is 23.2 Å². The Morgan fingerprint density at radius 3 is 2.74 bits per heavy atom. The molecule has 6 nitrogen and oxygen atoms in total. The second-order valence-corrected chi connectivity index (χ2v) is 4.60. The fourth-order valence-corrected chi connectivity index (χ4v) is 1.62. The van der Waals surface area contributed by atoms with Gasteiger partial charge in [-0.1, -0.05) is 11.6 Å². The van der Waals surface area contributed by atoms with Gasteiger partial charge in [0, 0.05) is 18.2 Å². The number of nitro groups is 1. The van der Waals surface area contributed by atoms with Crippen molar-refractivity contribution in [1.82, 2.24) is 5.32 Å². The van der Waals surface area contributed by atoms with E-state index in [1.165, 1.54) is 18.2 Å². The van der Waals surface area contributed by atoms with Gasteiger partial charge >= 0.3 is 0 Å². The van der Waals surface area contributed by atoms with Crippen molar-refractivity contribution in [1.29, 1.82) is 0 Å². The van der Waals surface area contributed by atoms with Crippen LogP contribution in [0.5, 0.6) is 5.75 Å². The topological polar surface area (TPSA) is 81.5 Å². The third-order valence-corrected chi connectivity index (χ3v) is 2.47. The molecule has 1 aromatic carbocycles. The van der Waals surface area contributed by atoms with Crippen LogP contribution in [0, 0.1) is 10.1 Å². The summed E-state index contributed by atoms with van der Waals surface area (Å²) in [5.74, 6) is 0.288. The Kier molecular flexibility index (Phi) is 5.57. The summed E-state index contributed by atoms with van der Waals surface area (Å²) in [5.41, 5.74) is -0.174. The average molecular weight is 287 g/mol. The molecule has 1 aromatic rings. The molecule has 104 valence electrons. The molecule has 0 aromatic heterocycles. The molecule has 19 heavy (non-hydrogen) atoms. The zero-order valence-electron chi connectivity index (χ0n) is 10.7. The number of amides is 1. The summed E-state index contributed by atoms with van der Waals surface area (Å²) in [6.45, 7) is 3.93. The Hall–Kier alpha value is -1.82. The average Bonchev–Trinajstić information content (AvgIpc) is 2.27. The van der Waals surface area contributed by atoms with Gasteiger partial charge in [-0.25, -0.2) is 0 Å². The SMILES string of the molecule is CC(C)NC(=O)CCOc1ccc([N+](=O)[O-])c(Cl)c1. The lowest BCUT2D eigenvalue weighted by atomic mass is 10.3. The standard InChI is InChI=1S/C12H15ClN2O4/c1-8(2)14-12(16)5-6-19-9-3-4-11(15(17)18)10(13)7-9/h3-4,7-8H,5-6H2,1-2H3,(H,14,16). The van der Waals surface area contributed by atoms with E-state index in [1.54, 1.807) is 0 Å². The van der Waals surface area contributed by atoms with Crippen LogP contribution in [0.25, 0.3) is 0 Å². The van der Waals surface area contributed by atoms with Crippen molar-refractivity contribution in [2.75, 3.05) is 6.61 Å². The van der Waals surface area contributed by atoms with E-state index < -0.39 is 4.92 Å². The van der Waals surface area contributed by atoms with Gasteiger partial charge in [-0.3, -0.25) is 14.9 Å². The van der Waals surface area contributed by atoms with Crippen molar-refractivity contribution < 1.29 is 14.5 Å². The number of hydrogen-bond acceptors (Lipinski definition) is 4. The largest absolute Gasteiger partial charge is 0.493 e. The summed E-state index contributed by atoms with van der Waals surface area (Å²) in [7, 11) is 0. The van der Waals surface area contributed by atoms with Crippen molar-refractivity contribution in [2.24, 2.45) is 0 Å². The highest BCUT2D eigenvalue weighted by Crippen LogP contribution is 2.28. The maximum atomic E-state index is 11.3. The lowest BCUT2D eigenvalue weighted by Crippen LogP contribution is -2.31. The Bertz CT molecular complexity index is 477. The van der Waals surface area contributed by atoms with Crippen molar-refractivity contribution in [3.63, 3.8) is 0 Å². The third-order valence-electron chi connectivity index (χ3n) is 2.16. The van der Waals surface area contributed by atoms with Crippen LogP contribution in [0.3, 0.4) is 0 Å². The number of hydrogen-bond donors (Lipinski definition) is 1. The summed E-state index contributed by atoms with van der Waals surface area (Å²) in [6, 6.07) is 4.16. The van der Waals surface area contributed by atoms with E-state index in [9.17, 15) is 14.9 Å². The maximum absolute atomic E-state index is 11.3. The number of nitrogens with one attached hydrogen (secondary N) is 1. The number of carbonyl (C=O) groups is 1. The Morgan fingerprint density at radius 1 is 1.53 bits per heavy atom. The highest BCUT2D eigenvalue weighted by molar-refractivity contribution is 6.32. The van der Waals surface area contributed by atoms with Crippen molar-refractivity contribution in [3.05, 3.63) is 33.3 Å². The molecule has 0 saturated heterocycles. The number of ether oxygens (including phenoxy) is 1. The molecule has 0 bridgehead atoms. The lowest BCUT2D eigenvalue weighted by Gasteiger charge is -2.09. The minimum Gasteiger partial charge on any atom is -0.493 e. The second kappa shape index (κ2) is 6.94. The monoisotopic (exact) mass is 286 g/mol. The number of rotatable bonds is 6. The second-order valence-electron chi connectivity index (χ2n) is 4.19. The minimum atomic E-state index is -0.567. The van der Waals surface area contributed by atoms with Crippen molar-refractivity contribution in [2.45, 2.75) is 26.3 Å². The summed E-state index contributed by atoms with van der Waals surface area (Å²) < 4.78 is 5.31. The lowest BCUT2D eigenvalue weighted by molar-refractivity contribution is -0.384. The first-order valence-corrected chi connectivity index (χ1v) is 6.14. The van der Waals surface area contributed by atoms with Crippen LogP contribution in [0.15, 0.2) is 18.2 Å². The predicted octanol–water partition coefficient (Wildman–Crippen LogP) is 2.54. The fraction of sp³-hybridized carbons (Fsp3) is 0.417. The molecule has 0 aliphatic rings. The summed E-state index contributed by atoms with van der Waals surface area (Å²) in [5, 5.41) is 13.3. The van der Waals surface area contributed by atoms with E-state index in [1.807, 2.05) is 13.8 Å². The van der Waals surface area contributed by atoms with Gasteiger partial charge in [-0.05, 0) is 19.9 Å². The van der Waals surface area contributed by atoms with E-state index in [0.717, 1.165) is 0 Å². The Balaban J connectivity index is 2.48. The van der Waals surface area contributed by atoms with Gasteiger partial charge in [0.25, 0.3) is 5.69 Å². The Labute approximate surface area is 115 Å². The molecule has 0 aliphatic heterocycles. The molecule has 0 aliphatic carbocycles. The Morgan fingerprint density at radius 2 is 2.21 bits per heavy atom. The molecule has 7 heteroatoms. The van der Waals surface area contributed by atoms with Crippen LogP contribution in [0.2, 0.25) is 5.02 Å². The van der Waals surface area contributed by atoms with Crippen LogP contribution in [-0.4, -0.2) is 23.5 Å². The summed E-state index contributed by atoms with van der Waals surface area (Å²) in [6.07, 6.45) is 0.215. The van der Waals surface area contributed by atoms with E-state index >= 15 is 0 Å². The molecule has 1 rings (SSSR count). The minimum absolute atomic E-state index is 0.00846. The molecule has 0 unspecified atom stereocenters. The van der Waals surface area contributed by atoms with E-state index in [0.29, 0.717) is 5.75 Å². The van der Waals surface area contributed by atoms with E-state index in [4.69, 9.17) is 16.3 Å². The number of nitro benzene ring substituents is 1. The highest BCUT2D eigenvalue weighted by Gasteiger charge is 2.12. The van der Waals surface area contributed by atoms with Gasteiger partial charge in [-0.15, -0.1) is 0 Å². The predicted molar refractivity (Wildman–Crippen MR) is 71.5 cm³/mol. The summed E-state index contributed by atoms with van der Waals surface area (Å²) in [4.78, 5) is 21.3. The van der Waals surface area contributed by atoms with Crippen LogP contribution >= 0.6 is 11.6 Å². The molecular formula is C12H15ClN2O4. The molecule has 1 amide bonds. The first-order valence-electron chi connectivity index (χ1n) is 5.76. The quantitative estimate of drug-likeness (QED) is 0.643. The molecule has 0 heterocycles. The van der Waals surface area contributed by atoms with Gasteiger partial charge in [0.05, 0.1) is 18.0 Å². The van der Waals surface area contributed by atoms with Gasteiger partial charge in [0.2, 0.25) is 5.91 Å². The van der Waals surface area contributed by atoms with Crippen LogP contribution in [0.1, 0.15) is 20.3 Å². The van der Waals surface area contributed by atoms with Gasteiger partial charge in [0.15, 0.2) is 0 Å². The molecule has 0 saturated carbocycles. The number of benzene rings is 1.